The molecule has 1 atom stereocenters. The van der Waals surface area contributed by atoms with Gasteiger partial charge >= 0.3 is 0 Å². The maximum Gasteiger partial charge on any atom is 0.0746 e. The van der Waals surface area contributed by atoms with E-state index in [9.17, 15) is 0 Å². The van der Waals surface area contributed by atoms with Crippen LogP contribution in [0.25, 0.3) is 0 Å². The molecule has 0 spiro atoms. The Kier molecular flexibility index (Phi) is 8.26. The van der Waals surface area contributed by atoms with Crippen molar-refractivity contribution in [1.29, 1.82) is 0 Å². The van der Waals surface area contributed by atoms with Crippen molar-refractivity contribution in [3.8, 4) is 0 Å². The quantitative estimate of drug-likeness (QED) is 0.506. The molecule has 3 heteroatoms. The summed E-state index contributed by atoms with van der Waals surface area (Å²) in [6.45, 7) is 6.82. The molecule has 0 aliphatic rings. The SMILES string of the molecule is CCC(C)COCCCCONc1ccccc1. The number of hydrogen-bond acceptors (Lipinski definition) is 3. The maximum atomic E-state index is 5.58. The van der Waals surface area contributed by atoms with Gasteiger partial charge in [0.1, 0.15) is 0 Å². The number of unbranched alkanes of at least 4 members (excludes halogenated alkanes) is 1. The standard InChI is InChI=1S/C15H25NO2/c1-3-14(2)13-17-11-7-8-12-18-16-15-9-5-4-6-10-15/h4-6,9-10,14,16H,3,7-8,11-13H2,1-2H3. The van der Waals surface area contributed by atoms with E-state index in [4.69, 9.17) is 9.57 Å². The molecule has 0 heterocycles. The van der Waals surface area contributed by atoms with Crippen molar-refractivity contribution >= 4 is 5.69 Å². The lowest BCUT2D eigenvalue weighted by molar-refractivity contribution is 0.0934. The van der Waals surface area contributed by atoms with Crippen molar-refractivity contribution in [2.75, 3.05) is 25.3 Å². The molecule has 1 unspecified atom stereocenters. The first kappa shape index (κ1) is 15.0. The third kappa shape index (κ3) is 7.30. The Morgan fingerprint density at radius 2 is 1.83 bits per heavy atom. The lowest BCUT2D eigenvalue weighted by Crippen LogP contribution is -2.07. The molecule has 1 rings (SSSR count). The molecule has 1 N–H and O–H groups in total. The Bertz CT molecular complexity index is 290. The molecule has 0 radical (unpaired) electrons. The zero-order valence-electron chi connectivity index (χ0n) is 11.5. The van der Waals surface area contributed by atoms with Crippen LogP contribution in [0.3, 0.4) is 0 Å². The van der Waals surface area contributed by atoms with Gasteiger partial charge in [0, 0.05) is 13.2 Å². The predicted octanol–water partition coefficient (Wildman–Crippen LogP) is 3.87. The van der Waals surface area contributed by atoms with Crippen LogP contribution >= 0.6 is 0 Å². The summed E-state index contributed by atoms with van der Waals surface area (Å²) in [5.74, 6) is 0.668. The van der Waals surface area contributed by atoms with E-state index in [-0.39, 0.29) is 0 Å². The number of anilines is 1. The molecule has 0 fully saturated rings. The van der Waals surface area contributed by atoms with Gasteiger partial charge in [-0.25, -0.2) is 0 Å². The molecular weight excluding hydrogens is 226 g/mol. The fourth-order valence-corrected chi connectivity index (χ4v) is 1.42. The largest absolute Gasteiger partial charge is 0.381 e. The summed E-state index contributed by atoms with van der Waals surface area (Å²) in [6, 6.07) is 9.91. The van der Waals surface area contributed by atoms with Gasteiger partial charge in [-0.2, -0.15) is 0 Å². The predicted molar refractivity (Wildman–Crippen MR) is 75.5 cm³/mol. The van der Waals surface area contributed by atoms with Gasteiger partial charge in [-0.3, -0.25) is 10.3 Å². The maximum absolute atomic E-state index is 5.58. The van der Waals surface area contributed by atoms with Gasteiger partial charge in [-0.1, -0.05) is 38.5 Å². The summed E-state index contributed by atoms with van der Waals surface area (Å²) >= 11 is 0. The Balaban J connectivity index is 1.87. The summed E-state index contributed by atoms with van der Waals surface area (Å²) in [4.78, 5) is 5.36. The molecule has 0 saturated carbocycles. The van der Waals surface area contributed by atoms with Gasteiger partial charge in [0.15, 0.2) is 0 Å². The second-order valence-electron chi connectivity index (χ2n) is 4.61. The minimum atomic E-state index is 0.668. The van der Waals surface area contributed by atoms with Gasteiger partial charge in [-0.15, -0.1) is 0 Å². The molecule has 0 aliphatic carbocycles. The van der Waals surface area contributed by atoms with Crippen LogP contribution in [0.4, 0.5) is 5.69 Å². The van der Waals surface area contributed by atoms with Crippen LogP contribution in [0.2, 0.25) is 0 Å². The molecule has 18 heavy (non-hydrogen) atoms. The third-order valence-corrected chi connectivity index (χ3v) is 2.85. The number of hydrogen-bond donors (Lipinski definition) is 1. The normalized spacial score (nSPS) is 12.3. The van der Waals surface area contributed by atoms with Crippen LogP contribution < -0.4 is 5.48 Å². The molecule has 3 nitrogen and oxygen atoms in total. The summed E-state index contributed by atoms with van der Waals surface area (Å²) in [7, 11) is 0. The van der Waals surface area contributed by atoms with Gasteiger partial charge in [0.05, 0.1) is 12.3 Å². The van der Waals surface area contributed by atoms with Crippen molar-refractivity contribution in [2.45, 2.75) is 33.1 Å². The van der Waals surface area contributed by atoms with Crippen LogP contribution in [-0.4, -0.2) is 19.8 Å². The highest BCUT2D eigenvalue weighted by atomic mass is 16.6. The summed E-state index contributed by atoms with van der Waals surface area (Å²) in [5, 5.41) is 0. The third-order valence-electron chi connectivity index (χ3n) is 2.85. The van der Waals surface area contributed by atoms with Crippen molar-refractivity contribution in [3.63, 3.8) is 0 Å². The first-order valence-corrected chi connectivity index (χ1v) is 6.83. The van der Waals surface area contributed by atoms with Gasteiger partial charge < -0.3 is 4.74 Å². The van der Waals surface area contributed by atoms with Crippen LogP contribution in [0.1, 0.15) is 33.1 Å². The van der Waals surface area contributed by atoms with Crippen LogP contribution in [0.5, 0.6) is 0 Å². The van der Waals surface area contributed by atoms with Gasteiger partial charge in [-0.05, 0) is 30.9 Å². The smallest absolute Gasteiger partial charge is 0.0746 e. The summed E-state index contributed by atoms with van der Waals surface area (Å²) < 4.78 is 5.58. The lowest BCUT2D eigenvalue weighted by atomic mass is 10.1. The first-order valence-electron chi connectivity index (χ1n) is 6.83. The van der Waals surface area contributed by atoms with E-state index < -0.39 is 0 Å². The van der Waals surface area contributed by atoms with Crippen molar-refractivity contribution in [2.24, 2.45) is 5.92 Å². The molecule has 1 aromatic carbocycles. The molecular formula is C15H25NO2. The van der Waals surface area contributed by atoms with Crippen LogP contribution in [0, 0.1) is 5.92 Å². The highest BCUT2D eigenvalue weighted by molar-refractivity contribution is 5.39. The number of benzene rings is 1. The van der Waals surface area contributed by atoms with E-state index in [0.29, 0.717) is 12.5 Å². The molecule has 0 aliphatic heterocycles. The van der Waals surface area contributed by atoms with Crippen molar-refractivity contribution in [3.05, 3.63) is 30.3 Å². The summed E-state index contributed by atoms with van der Waals surface area (Å²) in [6.07, 6.45) is 3.25. The Morgan fingerprint density at radius 3 is 2.56 bits per heavy atom. The fourth-order valence-electron chi connectivity index (χ4n) is 1.42. The molecule has 0 aromatic heterocycles. The second-order valence-corrected chi connectivity index (χ2v) is 4.61. The fraction of sp³-hybridized carbons (Fsp3) is 0.600. The van der Waals surface area contributed by atoms with E-state index in [0.717, 1.165) is 31.7 Å². The van der Waals surface area contributed by atoms with E-state index in [1.54, 1.807) is 0 Å². The van der Waals surface area contributed by atoms with E-state index >= 15 is 0 Å². The Morgan fingerprint density at radius 1 is 1.11 bits per heavy atom. The monoisotopic (exact) mass is 251 g/mol. The zero-order chi connectivity index (χ0) is 13.1. The average molecular weight is 251 g/mol. The van der Waals surface area contributed by atoms with E-state index in [1.807, 2.05) is 30.3 Å². The first-order chi connectivity index (χ1) is 8.83. The van der Waals surface area contributed by atoms with Gasteiger partial charge in [0.2, 0.25) is 0 Å². The number of rotatable bonds is 10. The number of para-hydroxylation sites is 1. The Hall–Kier alpha value is -1.06. The van der Waals surface area contributed by atoms with Gasteiger partial charge in [0.25, 0.3) is 0 Å². The molecule has 0 saturated heterocycles. The molecule has 102 valence electrons. The zero-order valence-corrected chi connectivity index (χ0v) is 11.5. The number of ether oxygens (including phenoxy) is 1. The van der Waals surface area contributed by atoms with Crippen LogP contribution in [0.15, 0.2) is 30.3 Å². The minimum absolute atomic E-state index is 0.668. The Labute approximate surface area is 110 Å². The molecule has 0 amide bonds. The van der Waals surface area contributed by atoms with Crippen molar-refractivity contribution < 1.29 is 9.57 Å². The van der Waals surface area contributed by atoms with Crippen molar-refractivity contribution in [1.82, 2.24) is 0 Å². The topological polar surface area (TPSA) is 30.5 Å². The van der Waals surface area contributed by atoms with Crippen LogP contribution in [-0.2, 0) is 9.57 Å². The minimum Gasteiger partial charge on any atom is -0.381 e. The van der Waals surface area contributed by atoms with E-state index in [2.05, 4.69) is 19.3 Å². The highest BCUT2D eigenvalue weighted by Crippen LogP contribution is 2.05. The average Bonchev–Trinajstić information content (AvgIpc) is 2.42. The summed E-state index contributed by atoms with van der Waals surface area (Å²) in [5.41, 5.74) is 3.91. The number of nitrogens with one attached hydrogen (secondary N) is 1. The second kappa shape index (κ2) is 9.92. The lowest BCUT2D eigenvalue weighted by Gasteiger charge is -2.09. The highest BCUT2D eigenvalue weighted by Gasteiger charge is 1.98. The molecule has 1 aromatic rings. The molecule has 0 bridgehead atoms. The van der Waals surface area contributed by atoms with E-state index in [1.165, 1.54) is 6.42 Å².